The lowest BCUT2D eigenvalue weighted by Gasteiger charge is -2.14. The number of sulfonamides is 1. The number of halogens is 3. The van der Waals surface area contributed by atoms with Crippen LogP contribution >= 0.6 is 0 Å². The molecule has 0 saturated carbocycles. The van der Waals surface area contributed by atoms with E-state index in [9.17, 15) is 26.4 Å². The summed E-state index contributed by atoms with van der Waals surface area (Å²) in [5.41, 5.74) is -0.151. The minimum Gasteiger partial charge on any atom is -0.321 e. The summed E-state index contributed by atoms with van der Waals surface area (Å²) < 4.78 is 67.7. The zero-order valence-corrected chi connectivity index (χ0v) is 17.4. The van der Waals surface area contributed by atoms with Crippen LogP contribution in [0.25, 0.3) is 0 Å². The normalized spacial score (nSPS) is 11.9. The van der Waals surface area contributed by atoms with Gasteiger partial charge in [0, 0.05) is 24.1 Å². The summed E-state index contributed by atoms with van der Waals surface area (Å²) in [6.45, 7) is 3.87. The third kappa shape index (κ3) is 5.05. The number of carbonyl (C=O) groups excluding carboxylic acids is 1. The Morgan fingerprint density at radius 1 is 1.10 bits per heavy atom. The van der Waals surface area contributed by atoms with Crippen LogP contribution in [-0.2, 0) is 22.7 Å². The van der Waals surface area contributed by atoms with Crippen molar-refractivity contribution in [3.63, 3.8) is 0 Å². The minimum atomic E-state index is -4.59. The number of carbonyl (C=O) groups is 1. The molecule has 0 aliphatic heterocycles. The molecule has 1 amide bonds. The van der Waals surface area contributed by atoms with Gasteiger partial charge < -0.3 is 5.32 Å². The van der Waals surface area contributed by atoms with E-state index in [1.165, 1.54) is 42.1 Å². The molecule has 3 aromatic rings. The second-order valence-electron chi connectivity index (χ2n) is 6.65. The van der Waals surface area contributed by atoms with Gasteiger partial charge in [-0.1, -0.05) is 6.07 Å². The van der Waals surface area contributed by atoms with Crippen molar-refractivity contribution in [2.45, 2.75) is 31.5 Å². The van der Waals surface area contributed by atoms with Crippen molar-refractivity contribution < 1.29 is 26.4 Å². The van der Waals surface area contributed by atoms with Gasteiger partial charge in [-0.05, 0) is 61.9 Å². The van der Waals surface area contributed by atoms with Gasteiger partial charge in [-0.15, -0.1) is 0 Å². The second kappa shape index (κ2) is 8.42. The fourth-order valence-corrected chi connectivity index (χ4v) is 4.25. The first-order valence-corrected chi connectivity index (χ1v) is 10.6. The zero-order chi connectivity index (χ0) is 22.8. The molecule has 0 radical (unpaired) electrons. The summed E-state index contributed by atoms with van der Waals surface area (Å²) >= 11 is 0. The second-order valence-corrected chi connectivity index (χ2v) is 8.30. The summed E-state index contributed by atoms with van der Waals surface area (Å²) in [7, 11) is -4.15. The number of aryl methyl sites for hydroxylation is 2. The summed E-state index contributed by atoms with van der Waals surface area (Å²) in [6.07, 6.45) is -3.09. The molecule has 0 fully saturated rings. The molecular weight excluding hydrogens is 433 g/mol. The lowest BCUT2D eigenvalue weighted by Crippen LogP contribution is -2.18. The lowest BCUT2D eigenvalue weighted by molar-refractivity contribution is -0.137. The van der Waals surface area contributed by atoms with Crippen LogP contribution in [0.1, 0.15) is 28.5 Å². The predicted octanol–water partition coefficient (Wildman–Crippen LogP) is 4.28. The van der Waals surface area contributed by atoms with Crippen LogP contribution in [0.4, 0.5) is 24.5 Å². The zero-order valence-electron chi connectivity index (χ0n) is 16.6. The highest BCUT2D eigenvalue weighted by Gasteiger charge is 2.31. The molecule has 11 heteroatoms. The Labute approximate surface area is 176 Å². The average molecular weight is 452 g/mol. The molecule has 0 spiro atoms. The molecular formula is C20H19F3N4O3S. The molecule has 2 N–H and O–H groups in total. The van der Waals surface area contributed by atoms with Crippen molar-refractivity contribution in [2.75, 3.05) is 10.0 Å². The number of nitrogens with one attached hydrogen (secondary N) is 2. The molecule has 1 heterocycles. The average Bonchev–Trinajstić information content (AvgIpc) is 3.16. The van der Waals surface area contributed by atoms with Gasteiger partial charge in [0.15, 0.2) is 0 Å². The van der Waals surface area contributed by atoms with Crippen molar-refractivity contribution in [1.29, 1.82) is 0 Å². The summed E-state index contributed by atoms with van der Waals surface area (Å²) in [6, 6.07) is 9.62. The van der Waals surface area contributed by atoms with E-state index < -0.39 is 27.7 Å². The minimum absolute atomic E-state index is 0.124. The van der Waals surface area contributed by atoms with Crippen LogP contribution in [0.3, 0.4) is 0 Å². The van der Waals surface area contributed by atoms with Crippen molar-refractivity contribution >= 4 is 27.3 Å². The molecule has 7 nitrogen and oxygen atoms in total. The van der Waals surface area contributed by atoms with Gasteiger partial charge in [-0.2, -0.15) is 18.3 Å². The van der Waals surface area contributed by atoms with Gasteiger partial charge in [-0.25, -0.2) is 8.42 Å². The standard InChI is InChI=1S/C20H19F3N4O3S/c1-3-27-17(9-10-24-27)19(28)25-15-7-8-18(13(2)11-15)31(29,30)26-16-6-4-5-14(12-16)20(21,22)23/h4-12,26H,3H2,1-2H3,(H,25,28). The number of rotatable bonds is 6. The Bertz CT molecular complexity index is 1220. The highest BCUT2D eigenvalue weighted by molar-refractivity contribution is 7.92. The van der Waals surface area contributed by atoms with Crippen LogP contribution in [0.15, 0.2) is 59.6 Å². The SMILES string of the molecule is CCn1nccc1C(=O)Nc1ccc(S(=O)(=O)Nc2cccc(C(F)(F)F)c2)c(C)c1. The van der Waals surface area contributed by atoms with Crippen LogP contribution in [0.2, 0.25) is 0 Å². The van der Waals surface area contributed by atoms with Crippen molar-refractivity contribution in [3.05, 3.63) is 71.5 Å². The van der Waals surface area contributed by atoms with Gasteiger partial charge in [0.2, 0.25) is 0 Å². The quantitative estimate of drug-likeness (QED) is 0.584. The van der Waals surface area contributed by atoms with Gasteiger partial charge in [0.05, 0.1) is 10.5 Å². The van der Waals surface area contributed by atoms with Crippen LogP contribution < -0.4 is 10.0 Å². The molecule has 164 valence electrons. The van der Waals surface area contributed by atoms with E-state index >= 15 is 0 Å². The molecule has 2 aromatic carbocycles. The Hall–Kier alpha value is -3.34. The van der Waals surface area contributed by atoms with E-state index in [4.69, 9.17) is 0 Å². The maximum atomic E-state index is 12.9. The number of aromatic nitrogens is 2. The van der Waals surface area contributed by atoms with Crippen molar-refractivity contribution in [2.24, 2.45) is 0 Å². The smallest absolute Gasteiger partial charge is 0.321 e. The number of benzene rings is 2. The van der Waals surface area contributed by atoms with E-state index in [1.807, 2.05) is 6.92 Å². The number of nitrogens with zero attached hydrogens (tertiary/aromatic N) is 2. The Kier molecular flexibility index (Phi) is 6.07. The lowest BCUT2D eigenvalue weighted by atomic mass is 10.2. The highest BCUT2D eigenvalue weighted by Crippen LogP contribution is 2.31. The van der Waals surface area contributed by atoms with Gasteiger partial charge >= 0.3 is 6.18 Å². The van der Waals surface area contributed by atoms with Crippen molar-refractivity contribution in [3.8, 4) is 0 Å². The van der Waals surface area contributed by atoms with Gasteiger partial charge in [0.1, 0.15) is 5.69 Å². The molecule has 0 saturated heterocycles. The van der Waals surface area contributed by atoms with Crippen LogP contribution in [0.5, 0.6) is 0 Å². The third-order valence-electron chi connectivity index (χ3n) is 4.41. The van der Waals surface area contributed by atoms with E-state index in [2.05, 4.69) is 15.1 Å². The fraction of sp³-hybridized carbons (Fsp3) is 0.200. The summed E-state index contributed by atoms with van der Waals surface area (Å²) in [5, 5.41) is 6.69. The first-order chi connectivity index (χ1) is 14.5. The molecule has 31 heavy (non-hydrogen) atoms. The molecule has 3 rings (SSSR count). The molecule has 1 aromatic heterocycles. The van der Waals surface area contributed by atoms with E-state index in [0.29, 0.717) is 23.5 Å². The largest absolute Gasteiger partial charge is 0.416 e. The Balaban J connectivity index is 1.81. The number of amides is 1. The van der Waals surface area contributed by atoms with Crippen molar-refractivity contribution in [1.82, 2.24) is 9.78 Å². The Morgan fingerprint density at radius 3 is 2.48 bits per heavy atom. The maximum absolute atomic E-state index is 12.9. The monoisotopic (exact) mass is 452 g/mol. The topological polar surface area (TPSA) is 93.1 Å². The predicted molar refractivity (Wildman–Crippen MR) is 109 cm³/mol. The Morgan fingerprint density at radius 2 is 1.84 bits per heavy atom. The number of hydrogen-bond donors (Lipinski definition) is 2. The fourth-order valence-electron chi connectivity index (χ4n) is 2.97. The molecule has 0 aliphatic rings. The van der Waals surface area contributed by atoms with Gasteiger partial charge in [-0.3, -0.25) is 14.2 Å². The third-order valence-corrected chi connectivity index (χ3v) is 5.95. The van der Waals surface area contributed by atoms with E-state index in [0.717, 1.165) is 18.2 Å². The number of alkyl halides is 3. The van der Waals surface area contributed by atoms with Crippen LogP contribution in [0, 0.1) is 6.92 Å². The van der Waals surface area contributed by atoms with Crippen LogP contribution in [-0.4, -0.2) is 24.1 Å². The summed E-state index contributed by atoms with van der Waals surface area (Å²) in [5.74, 6) is -0.406. The summed E-state index contributed by atoms with van der Waals surface area (Å²) in [4.78, 5) is 12.3. The molecule has 0 unspecified atom stereocenters. The number of hydrogen-bond acceptors (Lipinski definition) is 4. The molecule has 0 atom stereocenters. The first kappa shape index (κ1) is 22.3. The molecule has 0 bridgehead atoms. The van der Waals surface area contributed by atoms with Gasteiger partial charge in [0.25, 0.3) is 15.9 Å². The maximum Gasteiger partial charge on any atom is 0.416 e. The highest BCUT2D eigenvalue weighted by atomic mass is 32.2. The number of anilines is 2. The van der Waals surface area contributed by atoms with E-state index in [-0.39, 0.29) is 10.6 Å². The van der Waals surface area contributed by atoms with E-state index in [1.54, 1.807) is 6.07 Å². The molecule has 0 aliphatic carbocycles. The first-order valence-electron chi connectivity index (χ1n) is 9.15.